The number of piperidine rings is 1. The number of hydrogen-bond donors (Lipinski definition) is 1. The van der Waals surface area contributed by atoms with Crippen LogP contribution in [0.3, 0.4) is 0 Å². The lowest BCUT2D eigenvalue weighted by atomic mass is 10.1. The molecule has 2 rings (SSSR count). The Morgan fingerprint density at radius 1 is 1.54 bits per heavy atom. The fraction of sp³-hybridized carbons (Fsp3) is 0.889. The smallest absolute Gasteiger partial charge is 0.224 e. The number of nitrogens with zero attached hydrogens (tertiary/aromatic N) is 1. The highest BCUT2D eigenvalue weighted by Crippen LogP contribution is 2.21. The maximum atomic E-state index is 11.5. The van der Waals surface area contributed by atoms with Crippen molar-refractivity contribution in [3.05, 3.63) is 0 Å². The molecule has 2 atom stereocenters. The van der Waals surface area contributed by atoms with Crippen molar-refractivity contribution in [1.29, 1.82) is 0 Å². The first-order chi connectivity index (χ1) is 6.27. The molecule has 0 aromatic heterocycles. The largest absolute Gasteiger partial charge is 0.337 e. The van der Waals surface area contributed by atoms with Crippen LogP contribution in [0.4, 0.5) is 0 Å². The number of likely N-dealkylation sites (tertiary alicyclic amines) is 1. The molecule has 0 saturated carbocycles. The molecule has 0 radical (unpaired) electrons. The Balaban J connectivity index is 1.95. The van der Waals surface area contributed by atoms with E-state index in [1.165, 1.54) is 6.42 Å². The highest BCUT2D eigenvalue weighted by molar-refractivity contribution is 6.22. The van der Waals surface area contributed by atoms with Crippen LogP contribution in [-0.2, 0) is 4.79 Å². The molecule has 74 valence electrons. The number of amides is 1. The van der Waals surface area contributed by atoms with Crippen molar-refractivity contribution in [2.75, 3.05) is 19.6 Å². The third-order valence-electron chi connectivity index (χ3n) is 2.82. The van der Waals surface area contributed by atoms with Gasteiger partial charge in [0.2, 0.25) is 5.91 Å². The summed E-state index contributed by atoms with van der Waals surface area (Å²) in [7, 11) is 0. The lowest BCUT2D eigenvalue weighted by molar-refractivity contribution is -0.129. The van der Waals surface area contributed by atoms with Gasteiger partial charge in [-0.15, -0.1) is 11.6 Å². The van der Waals surface area contributed by atoms with Crippen molar-refractivity contribution < 1.29 is 4.79 Å². The molecule has 2 saturated heterocycles. The third kappa shape index (κ3) is 1.97. The summed E-state index contributed by atoms with van der Waals surface area (Å²) < 4.78 is 0. The summed E-state index contributed by atoms with van der Waals surface area (Å²) in [6, 6.07) is 0.394. The zero-order valence-corrected chi connectivity index (χ0v) is 8.39. The Hall–Kier alpha value is -0.280. The second-order valence-electron chi connectivity index (χ2n) is 3.85. The summed E-state index contributed by atoms with van der Waals surface area (Å²) in [4.78, 5) is 13.4. The topological polar surface area (TPSA) is 32.3 Å². The fourth-order valence-corrected chi connectivity index (χ4v) is 2.42. The van der Waals surface area contributed by atoms with E-state index >= 15 is 0 Å². The van der Waals surface area contributed by atoms with Crippen molar-refractivity contribution in [3.8, 4) is 0 Å². The Labute approximate surface area is 83.4 Å². The summed E-state index contributed by atoms with van der Waals surface area (Å²) >= 11 is 5.94. The molecule has 0 bridgehead atoms. The minimum absolute atomic E-state index is 0.0365. The zero-order chi connectivity index (χ0) is 9.26. The van der Waals surface area contributed by atoms with Crippen LogP contribution in [-0.4, -0.2) is 41.9 Å². The van der Waals surface area contributed by atoms with Gasteiger partial charge in [-0.05, 0) is 19.4 Å². The SMILES string of the molecule is O=C1CC(Cl)CN1[C@@H]1CCCNC1. The van der Waals surface area contributed by atoms with Gasteiger partial charge < -0.3 is 10.2 Å². The van der Waals surface area contributed by atoms with Gasteiger partial charge in [0.1, 0.15) is 0 Å². The minimum atomic E-state index is 0.0365. The molecule has 0 aromatic rings. The van der Waals surface area contributed by atoms with E-state index in [1.807, 2.05) is 4.90 Å². The summed E-state index contributed by atoms with van der Waals surface area (Å²) in [6.07, 6.45) is 2.82. The first-order valence-corrected chi connectivity index (χ1v) is 5.35. The molecule has 2 aliphatic rings. The first kappa shape index (κ1) is 9.28. The van der Waals surface area contributed by atoms with E-state index in [0.717, 1.165) is 26.1 Å². The molecule has 1 amide bonds. The normalized spacial score (nSPS) is 35.5. The van der Waals surface area contributed by atoms with E-state index in [1.54, 1.807) is 0 Å². The average molecular weight is 203 g/mol. The molecular weight excluding hydrogens is 188 g/mol. The molecule has 0 spiro atoms. The second kappa shape index (κ2) is 3.84. The van der Waals surface area contributed by atoms with Crippen molar-refractivity contribution in [2.45, 2.75) is 30.7 Å². The van der Waals surface area contributed by atoms with Crippen molar-refractivity contribution >= 4 is 17.5 Å². The summed E-state index contributed by atoms with van der Waals surface area (Å²) in [5.74, 6) is 0.230. The predicted molar refractivity (Wildman–Crippen MR) is 51.9 cm³/mol. The molecule has 0 aliphatic carbocycles. The van der Waals surface area contributed by atoms with Crippen LogP contribution in [0.5, 0.6) is 0 Å². The van der Waals surface area contributed by atoms with Gasteiger partial charge in [0.25, 0.3) is 0 Å². The molecule has 3 nitrogen and oxygen atoms in total. The van der Waals surface area contributed by atoms with Gasteiger partial charge >= 0.3 is 0 Å². The predicted octanol–water partition coefficient (Wildman–Crippen LogP) is 0.578. The summed E-state index contributed by atoms with van der Waals surface area (Å²) in [5.41, 5.74) is 0. The van der Waals surface area contributed by atoms with E-state index in [9.17, 15) is 4.79 Å². The Morgan fingerprint density at radius 2 is 2.38 bits per heavy atom. The number of carbonyl (C=O) groups excluding carboxylic acids is 1. The lowest BCUT2D eigenvalue weighted by Crippen LogP contribution is -2.46. The summed E-state index contributed by atoms with van der Waals surface area (Å²) in [6.45, 7) is 2.77. The monoisotopic (exact) mass is 202 g/mol. The van der Waals surface area contributed by atoms with E-state index in [-0.39, 0.29) is 11.3 Å². The standard InChI is InChI=1S/C9H15ClN2O/c10-7-4-9(13)12(6-7)8-2-1-3-11-5-8/h7-8,11H,1-6H2/t7?,8-/m1/s1. The molecule has 2 fully saturated rings. The molecule has 2 aliphatic heterocycles. The highest BCUT2D eigenvalue weighted by Gasteiger charge is 2.33. The van der Waals surface area contributed by atoms with Crippen LogP contribution in [0.2, 0.25) is 0 Å². The fourth-order valence-electron chi connectivity index (χ4n) is 2.14. The molecule has 2 heterocycles. The molecular formula is C9H15ClN2O. The van der Waals surface area contributed by atoms with Crippen LogP contribution in [0, 0.1) is 0 Å². The quantitative estimate of drug-likeness (QED) is 0.631. The van der Waals surface area contributed by atoms with E-state index < -0.39 is 0 Å². The van der Waals surface area contributed by atoms with Gasteiger partial charge in [-0.1, -0.05) is 0 Å². The third-order valence-corrected chi connectivity index (χ3v) is 3.12. The van der Waals surface area contributed by atoms with Crippen molar-refractivity contribution in [1.82, 2.24) is 10.2 Å². The van der Waals surface area contributed by atoms with Crippen molar-refractivity contribution in [3.63, 3.8) is 0 Å². The van der Waals surface area contributed by atoms with Gasteiger partial charge in [-0.25, -0.2) is 0 Å². The van der Waals surface area contributed by atoms with Gasteiger partial charge in [0.15, 0.2) is 0 Å². The highest BCUT2D eigenvalue weighted by atomic mass is 35.5. The van der Waals surface area contributed by atoms with Gasteiger partial charge in [-0.3, -0.25) is 4.79 Å². The maximum Gasteiger partial charge on any atom is 0.224 e. The van der Waals surface area contributed by atoms with Crippen LogP contribution in [0.25, 0.3) is 0 Å². The number of nitrogens with one attached hydrogen (secondary N) is 1. The van der Waals surface area contributed by atoms with Crippen LogP contribution in [0.1, 0.15) is 19.3 Å². The molecule has 1 unspecified atom stereocenters. The Morgan fingerprint density at radius 3 is 2.92 bits per heavy atom. The molecule has 4 heteroatoms. The molecule has 0 aromatic carbocycles. The maximum absolute atomic E-state index is 11.5. The number of halogens is 1. The van der Waals surface area contributed by atoms with Gasteiger partial charge in [0.05, 0.1) is 5.38 Å². The first-order valence-electron chi connectivity index (χ1n) is 4.91. The van der Waals surface area contributed by atoms with Crippen LogP contribution < -0.4 is 5.32 Å². The number of carbonyl (C=O) groups is 1. The number of hydrogen-bond acceptors (Lipinski definition) is 2. The minimum Gasteiger partial charge on any atom is -0.337 e. The van der Waals surface area contributed by atoms with E-state index in [4.69, 9.17) is 11.6 Å². The average Bonchev–Trinajstić information content (AvgIpc) is 2.47. The van der Waals surface area contributed by atoms with Crippen LogP contribution in [0.15, 0.2) is 0 Å². The second-order valence-corrected chi connectivity index (χ2v) is 4.46. The Bertz CT molecular complexity index is 204. The zero-order valence-electron chi connectivity index (χ0n) is 7.63. The van der Waals surface area contributed by atoms with Crippen molar-refractivity contribution in [2.24, 2.45) is 0 Å². The number of rotatable bonds is 1. The Kier molecular flexibility index (Phi) is 2.74. The number of alkyl halides is 1. The van der Waals surface area contributed by atoms with Crippen LogP contribution >= 0.6 is 11.6 Å². The van der Waals surface area contributed by atoms with Gasteiger partial charge in [-0.2, -0.15) is 0 Å². The molecule has 1 N–H and O–H groups in total. The molecule has 13 heavy (non-hydrogen) atoms. The summed E-state index contributed by atoms with van der Waals surface area (Å²) in [5, 5.41) is 3.35. The van der Waals surface area contributed by atoms with Gasteiger partial charge in [0, 0.05) is 25.6 Å². The van der Waals surface area contributed by atoms with E-state index in [0.29, 0.717) is 12.5 Å². The van der Waals surface area contributed by atoms with E-state index in [2.05, 4.69) is 5.32 Å². The lowest BCUT2D eigenvalue weighted by Gasteiger charge is -2.31.